The number of ether oxygens (including phenoxy) is 1. The molecule has 3 aromatic rings. The van der Waals surface area contributed by atoms with Crippen molar-refractivity contribution >= 4 is 28.1 Å². The van der Waals surface area contributed by atoms with Crippen LogP contribution >= 0.6 is 11.3 Å². The number of nitrogens with one attached hydrogen (secondary N) is 2. The summed E-state index contributed by atoms with van der Waals surface area (Å²) in [5.41, 5.74) is 3.43. The number of H-pyrrole nitrogens is 1. The minimum absolute atomic E-state index is 0.00454. The van der Waals surface area contributed by atoms with Crippen LogP contribution in [0, 0.1) is 0 Å². The molecule has 0 aliphatic heterocycles. The lowest BCUT2D eigenvalue weighted by Crippen LogP contribution is -2.22. The van der Waals surface area contributed by atoms with Gasteiger partial charge in [-0.25, -0.2) is 0 Å². The number of fused-ring (bicyclic) bond motifs is 1. The molecule has 1 aromatic carbocycles. The average Bonchev–Trinajstić information content (AvgIpc) is 3.14. The number of methoxy groups -OCH3 is 1. The van der Waals surface area contributed by atoms with Gasteiger partial charge in [-0.1, -0.05) is 6.07 Å². The third kappa shape index (κ3) is 2.85. The largest absolute Gasteiger partial charge is 0.497 e. The Kier molecular flexibility index (Phi) is 4.15. The zero-order valence-corrected chi connectivity index (χ0v) is 13.4. The summed E-state index contributed by atoms with van der Waals surface area (Å²) in [6.45, 7) is 2.16. The van der Waals surface area contributed by atoms with Crippen molar-refractivity contribution in [3.05, 3.63) is 41.3 Å². The van der Waals surface area contributed by atoms with Crippen LogP contribution in [0.5, 0.6) is 5.75 Å². The van der Waals surface area contributed by atoms with Crippen LogP contribution < -0.4 is 10.1 Å². The Morgan fingerprint density at radius 1 is 1.36 bits per heavy atom. The van der Waals surface area contributed by atoms with Crippen molar-refractivity contribution < 1.29 is 9.53 Å². The van der Waals surface area contributed by atoms with Crippen LogP contribution in [0.1, 0.15) is 12.5 Å². The van der Waals surface area contributed by atoms with Crippen molar-refractivity contribution in [3.63, 3.8) is 0 Å². The van der Waals surface area contributed by atoms with E-state index in [4.69, 9.17) is 4.74 Å². The highest BCUT2D eigenvalue weighted by Gasteiger charge is 2.14. The summed E-state index contributed by atoms with van der Waals surface area (Å²) in [5, 5.41) is 6.08. The van der Waals surface area contributed by atoms with E-state index in [1.54, 1.807) is 25.4 Å². The summed E-state index contributed by atoms with van der Waals surface area (Å²) in [7, 11) is 1.67. The number of hydrogen-bond acceptors (Lipinski definition) is 3. The lowest BCUT2D eigenvalue weighted by molar-refractivity contribution is -0.118. The van der Waals surface area contributed by atoms with E-state index in [0.717, 1.165) is 28.8 Å². The summed E-state index contributed by atoms with van der Waals surface area (Å²) in [4.78, 5) is 15.8. The molecule has 0 aliphatic carbocycles. The molecule has 22 heavy (non-hydrogen) atoms. The number of hydrogen-bond donors (Lipinski definition) is 2. The maximum atomic E-state index is 11.1. The topological polar surface area (TPSA) is 54.1 Å². The molecule has 3 rings (SSSR count). The average molecular weight is 314 g/mol. The molecule has 0 unspecified atom stereocenters. The monoisotopic (exact) mass is 314 g/mol. The Morgan fingerprint density at radius 3 is 2.91 bits per heavy atom. The maximum absolute atomic E-state index is 11.1. The van der Waals surface area contributed by atoms with Crippen LogP contribution in [0.2, 0.25) is 0 Å². The van der Waals surface area contributed by atoms with E-state index in [1.165, 1.54) is 10.4 Å². The molecule has 2 heterocycles. The summed E-state index contributed by atoms with van der Waals surface area (Å²) >= 11 is 1.71. The highest BCUT2D eigenvalue weighted by Crippen LogP contribution is 2.34. The second-order valence-electron chi connectivity index (χ2n) is 5.10. The summed E-state index contributed by atoms with van der Waals surface area (Å²) in [5.74, 6) is 0.833. The van der Waals surface area contributed by atoms with E-state index in [0.29, 0.717) is 6.54 Å². The zero-order chi connectivity index (χ0) is 15.5. The predicted molar refractivity (Wildman–Crippen MR) is 90.6 cm³/mol. The summed E-state index contributed by atoms with van der Waals surface area (Å²) in [6.07, 6.45) is 0.778. The first-order valence-electron chi connectivity index (χ1n) is 7.16. The van der Waals surface area contributed by atoms with Crippen molar-refractivity contribution in [3.8, 4) is 16.3 Å². The van der Waals surface area contributed by atoms with E-state index >= 15 is 0 Å². The first-order chi connectivity index (χ1) is 10.7. The van der Waals surface area contributed by atoms with Gasteiger partial charge in [-0.3, -0.25) is 4.79 Å². The number of aromatic nitrogens is 1. The Bertz CT molecular complexity index is 790. The molecule has 114 valence electrons. The van der Waals surface area contributed by atoms with Gasteiger partial charge in [0.2, 0.25) is 5.91 Å². The van der Waals surface area contributed by atoms with Crippen LogP contribution in [-0.4, -0.2) is 24.5 Å². The lowest BCUT2D eigenvalue weighted by Gasteiger charge is -2.05. The van der Waals surface area contributed by atoms with Crippen molar-refractivity contribution in [1.82, 2.24) is 10.3 Å². The highest BCUT2D eigenvalue weighted by molar-refractivity contribution is 7.13. The predicted octanol–water partition coefficient (Wildman–Crippen LogP) is 3.58. The molecule has 5 heteroatoms. The molecule has 0 saturated carbocycles. The third-order valence-corrected chi connectivity index (χ3v) is 4.52. The minimum atomic E-state index is -0.00454. The molecule has 0 radical (unpaired) electrons. The Labute approximate surface area is 133 Å². The van der Waals surface area contributed by atoms with Crippen molar-refractivity contribution in [2.75, 3.05) is 13.7 Å². The van der Waals surface area contributed by atoms with Gasteiger partial charge in [0.15, 0.2) is 0 Å². The standard InChI is InChI=1S/C17H18N2O2S/c1-11(20)18-8-7-13-14-10-12(21-2)5-6-15(14)19-17(13)16-4-3-9-22-16/h3-6,9-10,19H,7-8H2,1-2H3,(H,18,20). The number of amides is 1. The van der Waals surface area contributed by atoms with Crippen molar-refractivity contribution in [2.45, 2.75) is 13.3 Å². The summed E-state index contributed by atoms with van der Waals surface area (Å²) < 4.78 is 5.34. The second-order valence-corrected chi connectivity index (χ2v) is 6.05. The molecule has 2 aromatic heterocycles. The van der Waals surface area contributed by atoms with Gasteiger partial charge in [0.25, 0.3) is 0 Å². The number of benzene rings is 1. The molecule has 0 saturated heterocycles. The first kappa shape index (κ1) is 14.7. The molecule has 2 N–H and O–H groups in total. The smallest absolute Gasteiger partial charge is 0.216 e. The Morgan fingerprint density at radius 2 is 2.23 bits per heavy atom. The minimum Gasteiger partial charge on any atom is -0.497 e. The number of thiophene rings is 1. The molecular weight excluding hydrogens is 296 g/mol. The highest BCUT2D eigenvalue weighted by atomic mass is 32.1. The van der Waals surface area contributed by atoms with Crippen LogP contribution in [-0.2, 0) is 11.2 Å². The van der Waals surface area contributed by atoms with E-state index in [2.05, 4.69) is 21.7 Å². The number of carbonyl (C=O) groups excluding carboxylic acids is 1. The number of rotatable bonds is 5. The number of carbonyl (C=O) groups is 1. The fourth-order valence-corrected chi connectivity index (χ4v) is 3.36. The number of aromatic amines is 1. The Hall–Kier alpha value is -2.27. The van der Waals surface area contributed by atoms with Gasteiger partial charge in [-0.15, -0.1) is 11.3 Å². The molecular formula is C17H18N2O2S. The van der Waals surface area contributed by atoms with Crippen LogP contribution in [0.4, 0.5) is 0 Å². The normalized spacial score (nSPS) is 10.8. The first-order valence-corrected chi connectivity index (χ1v) is 8.04. The van der Waals surface area contributed by atoms with Crippen LogP contribution in [0.3, 0.4) is 0 Å². The van der Waals surface area contributed by atoms with E-state index in [-0.39, 0.29) is 5.91 Å². The Balaban J connectivity index is 2.06. The molecule has 0 fully saturated rings. The van der Waals surface area contributed by atoms with Gasteiger partial charge in [0.05, 0.1) is 17.7 Å². The fraction of sp³-hybridized carbons (Fsp3) is 0.235. The van der Waals surface area contributed by atoms with Gasteiger partial charge >= 0.3 is 0 Å². The fourth-order valence-electron chi connectivity index (χ4n) is 2.61. The molecule has 1 amide bonds. The van der Waals surface area contributed by atoms with E-state index in [9.17, 15) is 4.79 Å². The molecule has 4 nitrogen and oxygen atoms in total. The lowest BCUT2D eigenvalue weighted by atomic mass is 10.1. The van der Waals surface area contributed by atoms with Gasteiger partial charge in [0, 0.05) is 24.4 Å². The van der Waals surface area contributed by atoms with Crippen molar-refractivity contribution in [1.29, 1.82) is 0 Å². The van der Waals surface area contributed by atoms with Gasteiger partial charge in [-0.2, -0.15) is 0 Å². The van der Waals surface area contributed by atoms with Gasteiger partial charge in [0.1, 0.15) is 5.75 Å². The molecule has 0 bridgehead atoms. The van der Waals surface area contributed by atoms with Gasteiger partial charge < -0.3 is 15.0 Å². The van der Waals surface area contributed by atoms with E-state index < -0.39 is 0 Å². The maximum Gasteiger partial charge on any atom is 0.216 e. The molecule has 0 aliphatic rings. The van der Waals surface area contributed by atoms with Crippen LogP contribution in [0.25, 0.3) is 21.5 Å². The van der Waals surface area contributed by atoms with Crippen molar-refractivity contribution in [2.24, 2.45) is 0 Å². The second kappa shape index (κ2) is 6.23. The quantitative estimate of drug-likeness (QED) is 0.756. The third-order valence-electron chi connectivity index (χ3n) is 3.63. The summed E-state index contributed by atoms with van der Waals surface area (Å²) in [6, 6.07) is 10.2. The van der Waals surface area contributed by atoms with E-state index in [1.807, 2.05) is 24.3 Å². The molecule has 0 spiro atoms. The van der Waals surface area contributed by atoms with Gasteiger partial charge in [-0.05, 0) is 41.6 Å². The zero-order valence-electron chi connectivity index (χ0n) is 12.6. The SMILES string of the molecule is COc1ccc2[nH]c(-c3cccs3)c(CCNC(C)=O)c2c1. The molecule has 0 atom stereocenters. The van der Waals surface area contributed by atoms with Crippen LogP contribution in [0.15, 0.2) is 35.7 Å².